The van der Waals surface area contributed by atoms with Crippen LogP contribution in [0, 0.1) is 5.41 Å². The van der Waals surface area contributed by atoms with Gasteiger partial charge in [0, 0.05) is 11.8 Å². The first-order valence-corrected chi connectivity index (χ1v) is 5.79. The average Bonchev–Trinajstić information content (AvgIpc) is 2.45. The quantitative estimate of drug-likeness (QED) is 0.792. The van der Waals surface area contributed by atoms with Gasteiger partial charge >= 0.3 is 5.82 Å². The Hall–Kier alpha value is -0.990. The molecule has 1 rings (SSSR count). The Morgan fingerprint density at radius 2 is 1.62 bits per heavy atom. The Bertz CT molecular complexity index is 402. The van der Waals surface area contributed by atoms with Crippen molar-refractivity contribution in [2.24, 2.45) is 5.41 Å². The third kappa shape index (κ3) is 3.00. The molecule has 0 saturated heterocycles. The first-order chi connectivity index (χ1) is 7.15. The normalized spacial score (nSPS) is 13.1. The standard InChI is InChI=1S/C13H22O3/c1-7-13(5,6)8-9-10(12(2,3)4)16-11(14)15-9/h7-8H2,1-6H3. The molecule has 0 atom stereocenters. The lowest BCUT2D eigenvalue weighted by Gasteiger charge is -2.23. The number of hydrogen-bond acceptors (Lipinski definition) is 3. The van der Waals surface area contributed by atoms with Crippen molar-refractivity contribution < 1.29 is 8.83 Å². The van der Waals surface area contributed by atoms with Gasteiger partial charge in [-0.25, -0.2) is 4.79 Å². The SMILES string of the molecule is CCC(C)(C)Cc1oc(=O)oc1C(C)(C)C. The Morgan fingerprint density at radius 1 is 1.06 bits per heavy atom. The summed E-state index contributed by atoms with van der Waals surface area (Å²) >= 11 is 0. The fourth-order valence-electron chi connectivity index (χ4n) is 1.56. The lowest BCUT2D eigenvalue weighted by Crippen LogP contribution is -2.18. The molecule has 0 spiro atoms. The van der Waals surface area contributed by atoms with Crippen LogP contribution >= 0.6 is 0 Å². The van der Waals surface area contributed by atoms with Crippen LogP contribution in [0.1, 0.15) is 59.5 Å². The molecular formula is C13H22O3. The minimum Gasteiger partial charge on any atom is -0.396 e. The Balaban J connectivity index is 3.10. The predicted molar refractivity (Wildman–Crippen MR) is 63.7 cm³/mol. The fourth-order valence-corrected chi connectivity index (χ4v) is 1.56. The largest absolute Gasteiger partial charge is 0.519 e. The van der Waals surface area contributed by atoms with E-state index in [1.807, 2.05) is 20.8 Å². The molecule has 3 nitrogen and oxygen atoms in total. The Labute approximate surface area is 96.8 Å². The third-order valence-electron chi connectivity index (χ3n) is 2.92. The van der Waals surface area contributed by atoms with Crippen LogP contribution in [-0.2, 0) is 11.8 Å². The van der Waals surface area contributed by atoms with Crippen LogP contribution in [0.25, 0.3) is 0 Å². The second kappa shape index (κ2) is 4.11. The van der Waals surface area contributed by atoms with Crippen molar-refractivity contribution in [2.45, 2.75) is 59.8 Å². The number of hydrogen-bond donors (Lipinski definition) is 0. The van der Waals surface area contributed by atoms with E-state index in [0.717, 1.165) is 12.8 Å². The zero-order valence-electron chi connectivity index (χ0n) is 11.1. The van der Waals surface area contributed by atoms with Crippen LogP contribution in [0.15, 0.2) is 13.6 Å². The van der Waals surface area contributed by atoms with Crippen molar-refractivity contribution >= 4 is 0 Å². The van der Waals surface area contributed by atoms with Gasteiger partial charge in [-0.05, 0) is 5.41 Å². The molecule has 1 heterocycles. The Kier molecular flexibility index (Phi) is 3.36. The maximum atomic E-state index is 11.2. The fraction of sp³-hybridized carbons (Fsp3) is 0.769. The monoisotopic (exact) mass is 226 g/mol. The molecule has 16 heavy (non-hydrogen) atoms. The second-order valence-electron chi connectivity index (χ2n) is 6.15. The van der Waals surface area contributed by atoms with Gasteiger partial charge in [0.15, 0.2) is 11.5 Å². The van der Waals surface area contributed by atoms with E-state index in [4.69, 9.17) is 8.83 Å². The van der Waals surface area contributed by atoms with Crippen molar-refractivity contribution in [3.05, 3.63) is 22.1 Å². The first kappa shape index (κ1) is 13.1. The van der Waals surface area contributed by atoms with Crippen molar-refractivity contribution in [1.82, 2.24) is 0 Å². The minimum absolute atomic E-state index is 0.125. The molecule has 0 fully saturated rings. The molecule has 0 amide bonds. The van der Waals surface area contributed by atoms with Gasteiger partial charge in [0.05, 0.1) is 0 Å². The highest BCUT2D eigenvalue weighted by Crippen LogP contribution is 2.31. The minimum atomic E-state index is -0.591. The summed E-state index contributed by atoms with van der Waals surface area (Å²) in [5, 5.41) is 0. The number of rotatable bonds is 3. The molecule has 1 aromatic heterocycles. The van der Waals surface area contributed by atoms with Crippen LogP contribution in [0.2, 0.25) is 0 Å². The van der Waals surface area contributed by atoms with Gasteiger partial charge in [0.1, 0.15) is 0 Å². The smallest absolute Gasteiger partial charge is 0.396 e. The van der Waals surface area contributed by atoms with E-state index in [1.165, 1.54) is 0 Å². The molecule has 0 unspecified atom stereocenters. The highest BCUT2D eigenvalue weighted by Gasteiger charge is 2.29. The lowest BCUT2D eigenvalue weighted by atomic mass is 9.82. The molecule has 0 radical (unpaired) electrons. The lowest BCUT2D eigenvalue weighted by molar-refractivity contribution is 0.305. The van der Waals surface area contributed by atoms with Gasteiger partial charge in [-0.1, -0.05) is 48.0 Å². The molecular weight excluding hydrogens is 204 g/mol. The van der Waals surface area contributed by atoms with Crippen LogP contribution in [-0.4, -0.2) is 0 Å². The van der Waals surface area contributed by atoms with Crippen LogP contribution < -0.4 is 5.82 Å². The highest BCUT2D eigenvalue weighted by atomic mass is 16.6. The van der Waals surface area contributed by atoms with Gasteiger partial charge in [0.25, 0.3) is 0 Å². The van der Waals surface area contributed by atoms with Gasteiger partial charge < -0.3 is 8.83 Å². The van der Waals surface area contributed by atoms with E-state index in [0.29, 0.717) is 11.5 Å². The summed E-state index contributed by atoms with van der Waals surface area (Å²) in [6, 6.07) is 0. The maximum Gasteiger partial charge on any atom is 0.519 e. The van der Waals surface area contributed by atoms with Gasteiger partial charge in [-0.3, -0.25) is 0 Å². The summed E-state index contributed by atoms with van der Waals surface area (Å²) in [4.78, 5) is 11.2. The predicted octanol–water partition coefficient (Wildman–Crippen LogP) is 3.51. The zero-order chi connectivity index (χ0) is 12.6. The van der Waals surface area contributed by atoms with Crippen molar-refractivity contribution in [3.8, 4) is 0 Å². The van der Waals surface area contributed by atoms with Gasteiger partial charge in [-0.15, -0.1) is 0 Å². The van der Waals surface area contributed by atoms with Gasteiger partial charge in [0.2, 0.25) is 0 Å². The van der Waals surface area contributed by atoms with E-state index in [9.17, 15) is 4.79 Å². The van der Waals surface area contributed by atoms with Crippen LogP contribution in [0.5, 0.6) is 0 Å². The molecule has 0 aliphatic heterocycles. The molecule has 1 aromatic rings. The van der Waals surface area contributed by atoms with Gasteiger partial charge in [-0.2, -0.15) is 0 Å². The molecule has 0 saturated carbocycles. The zero-order valence-corrected chi connectivity index (χ0v) is 11.1. The highest BCUT2D eigenvalue weighted by molar-refractivity contribution is 5.14. The first-order valence-electron chi connectivity index (χ1n) is 5.79. The average molecular weight is 226 g/mol. The van der Waals surface area contributed by atoms with E-state index in [2.05, 4.69) is 20.8 Å². The van der Waals surface area contributed by atoms with E-state index >= 15 is 0 Å². The molecule has 0 aromatic carbocycles. The molecule has 0 aliphatic rings. The molecule has 0 aliphatic carbocycles. The van der Waals surface area contributed by atoms with Crippen LogP contribution in [0.4, 0.5) is 0 Å². The second-order valence-corrected chi connectivity index (χ2v) is 6.15. The molecule has 92 valence electrons. The molecule has 0 bridgehead atoms. The van der Waals surface area contributed by atoms with Crippen molar-refractivity contribution in [3.63, 3.8) is 0 Å². The van der Waals surface area contributed by atoms with Crippen molar-refractivity contribution in [1.29, 1.82) is 0 Å². The topological polar surface area (TPSA) is 43.4 Å². The van der Waals surface area contributed by atoms with E-state index in [-0.39, 0.29) is 10.8 Å². The summed E-state index contributed by atoms with van der Waals surface area (Å²) < 4.78 is 10.3. The Morgan fingerprint density at radius 3 is 2.06 bits per heavy atom. The molecule has 0 N–H and O–H groups in total. The van der Waals surface area contributed by atoms with E-state index < -0.39 is 5.82 Å². The van der Waals surface area contributed by atoms with Crippen molar-refractivity contribution in [2.75, 3.05) is 0 Å². The third-order valence-corrected chi connectivity index (χ3v) is 2.92. The summed E-state index contributed by atoms with van der Waals surface area (Å²) in [7, 11) is 0. The molecule has 3 heteroatoms. The summed E-state index contributed by atoms with van der Waals surface area (Å²) in [6.45, 7) is 12.5. The maximum absolute atomic E-state index is 11.2. The summed E-state index contributed by atoms with van der Waals surface area (Å²) in [5.41, 5.74) is -0.0644. The van der Waals surface area contributed by atoms with E-state index in [1.54, 1.807) is 0 Å². The summed E-state index contributed by atoms with van der Waals surface area (Å²) in [5.74, 6) is 0.787. The van der Waals surface area contributed by atoms with Crippen LogP contribution in [0.3, 0.4) is 0 Å². The summed E-state index contributed by atoms with van der Waals surface area (Å²) in [6.07, 6.45) is 1.77.